The van der Waals surface area contributed by atoms with Crippen LogP contribution < -0.4 is 10.6 Å². The zero-order chi connectivity index (χ0) is 11.4. The standard InChI is InChI=1S/C13H18N2O.ClH/c1-10-5-7-11(8-6-10)15-13(16)12-4-2-3-9-14-12;/h5-8,12,14H,2-4,9H2,1H3,(H,15,16);1H/t12-;/m1./s1. The Bertz CT molecular complexity index is 358. The SMILES string of the molecule is Cc1ccc(NC(=O)[C@H]2CCCCN2)cc1.Cl. The summed E-state index contributed by atoms with van der Waals surface area (Å²) in [6, 6.07) is 7.87. The fraction of sp³-hybridized carbons (Fsp3) is 0.462. The summed E-state index contributed by atoms with van der Waals surface area (Å²) in [6.45, 7) is 2.99. The van der Waals surface area contributed by atoms with E-state index >= 15 is 0 Å². The van der Waals surface area contributed by atoms with E-state index in [-0.39, 0.29) is 24.4 Å². The minimum atomic E-state index is -0.0185. The highest BCUT2D eigenvalue weighted by molar-refractivity contribution is 5.94. The zero-order valence-electron chi connectivity index (χ0n) is 10.0. The van der Waals surface area contributed by atoms with Gasteiger partial charge in [-0.2, -0.15) is 0 Å². The molecular weight excluding hydrogens is 236 g/mol. The summed E-state index contributed by atoms with van der Waals surface area (Å²) in [4.78, 5) is 11.9. The quantitative estimate of drug-likeness (QED) is 0.852. The molecule has 0 aromatic heterocycles. The predicted octanol–water partition coefficient (Wildman–Crippen LogP) is 2.50. The molecule has 94 valence electrons. The van der Waals surface area contributed by atoms with Gasteiger partial charge in [-0.25, -0.2) is 0 Å². The second kappa shape index (κ2) is 6.62. The van der Waals surface area contributed by atoms with Crippen molar-refractivity contribution < 1.29 is 4.79 Å². The third-order valence-corrected chi connectivity index (χ3v) is 2.95. The number of anilines is 1. The van der Waals surface area contributed by atoms with Gasteiger partial charge >= 0.3 is 0 Å². The van der Waals surface area contributed by atoms with Crippen LogP contribution in [0.2, 0.25) is 0 Å². The van der Waals surface area contributed by atoms with Gasteiger partial charge in [0.25, 0.3) is 0 Å². The third kappa shape index (κ3) is 4.02. The van der Waals surface area contributed by atoms with Gasteiger partial charge in [-0.05, 0) is 38.4 Å². The van der Waals surface area contributed by atoms with Crippen molar-refractivity contribution in [2.45, 2.75) is 32.2 Å². The molecule has 2 rings (SSSR count). The summed E-state index contributed by atoms with van der Waals surface area (Å²) in [5.41, 5.74) is 2.08. The minimum absolute atomic E-state index is 0. The molecule has 4 heteroatoms. The van der Waals surface area contributed by atoms with Crippen LogP contribution in [0.3, 0.4) is 0 Å². The number of piperidine rings is 1. The number of hydrogen-bond donors (Lipinski definition) is 2. The highest BCUT2D eigenvalue weighted by Gasteiger charge is 2.20. The monoisotopic (exact) mass is 254 g/mol. The van der Waals surface area contributed by atoms with Gasteiger partial charge in [-0.1, -0.05) is 24.1 Å². The molecule has 0 unspecified atom stereocenters. The summed E-state index contributed by atoms with van der Waals surface area (Å²) in [7, 11) is 0. The molecule has 1 amide bonds. The highest BCUT2D eigenvalue weighted by atomic mass is 35.5. The maximum absolute atomic E-state index is 11.9. The van der Waals surface area contributed by atoms with E-state index in [0.29, 0.717) is 0 Å². The second-order valence-corrected chi connectivity index (χ2v) is 4.36. The second-order valence-electron chi connectivity index (χ2n) is 4.36. The van der Waals surface area contributed by atoms with Crippen molar-refractivity contribution in [1.29, 1.82) is 0 Å². The lowest BCUT2D eigenvalue weighted by atomic mass is 10.0. The molecule has 0 saturated carbocycles. The van der Waals surface area contributed by atoms with Gasteiger partial charge in [0, 0.05) is 5.69 Å². The van der Waals surface area contributed by atoms with Crippen LogP contribution in [0.15, 0.2) is 24.3 Å². The number of rotatable bonds is 2. The highest BCUT2D eigenvalue weighted by Crippen LogP contribution is 2.12. The Hall–Kier alpha value is -1.06. The van der Waals surface area contributed by atoms with Crippen LogP contribution in [0.4, 0.5) is 5.69 Å². The van der Waals surface area contributed by atoms with Crippen molar-refractivity contribution in [2.75, 3.05) is 11.9 Å². The van der Waals surface area contributed by atoms with E-state index in [0.717, 1.165) is 25.1 Å². The van der Waals surface area contributed by atoms with E-state index in [2.05, 4.69) is 10.6 Å². The van der Waals surface area contributed by atoms with Crippen LogP contribution in [0.25, 0.3) is 0 Å². The molecule has 1 aliphatic rings. The van der Waals surface area contributed by atoms with Crippen molar-refractivity contribution >= 4 is 24.0 Å². The van der Waals surface area contributed by atoms with Crippen LogP contribution in [-0.4, -0.2) is 18.5 Å². The van der Waals surface area contributed by atoms with Crippen molar-refractivity contribution in [3.8, 4) is 0 Å². The summed E-state index contributed by atoms with van der Waals surface area (Å²) in [5, 5.41) is 6.18. The summed E-state index contributed by atoms with van der Waals surface area (Å²) in [6.07, 6.45) is 3.25. The Kier molecular flexibility index (Phi) is 5.45. The molecule has 3 nitrogen and oxygen atoms in total. The Balaban J connectivity index is 0.00000144. The smallest absolute Gasteiger partial charge is 0.241 e. The van der Waals surface area contributed by atoms with Crippen molar-refractivity contribution in [2.24, 2.45) is 0 Å². The minimum Gasteiger partial charge on any atom is -0.325 e. The number of carbonyl (C=O) groups is 1. The summed E-state index contributed by atoms with van der Waals surface area (Å²) in [5.74, 6) is 0.0866. The maximum Gasteiger partial charge on any atom is 0.241 e. The predicted molar refractivity (Wildman–Crippen MR) is 72.7 cm³/mol. The molecule has 1 atom stereocenters. The van der Waals surface area contributed by atoms with Gasteiger partial charge in [0.15, 0.2) is 0 Å². The maximum atomic E-state index is 11.9. The van der Waals surface area contributed by atoms with E-state index < -0.39 is 0 Å². The van der Waals surface area contributed by atoms with Gasteiger partial charge in [-0.3, -0.25) is 4.79 Å². The van der Waals surface area contributed by atoms with E-state index in [1.54, 1.807) is 0 Å². The number of hydrogen-bond acceptors (Lipinski definition) is 2. The Morgan fingerprint density at radius 3 is 2.59 bits per heavy atom. The molecule has 0 aliphatic carbocycles. The molecule has 0 radical (unpaired) electrons. The number of amides is 1. The van der Waals surface area contributed by atoms with Crippen LogP contribution in [0, 0.1) is 6.92 Å². The lowest BCUT2D eigenvalue weighted by Gasteiger charge is -2.22. The molecule has 1 saturated heterocycles. The molecule has 1 aromatic carbocycles. The lowest BCUT2D eigenvalue weighted by Crippen LogP contribution is -2.43. The molecule has 1 aliphatic heterocycles. The number of nitrogens with one attached hydrogen (secondary N) is 2. The van der Waals surface area contributed by atoms with Crippen molar-refractivity contribution in [3.05, 3.63) is 29.8 Å². The number of aryl methyl sites for hydroxylation is 1. The molecule has 1 heterocycles. The van der Waals surface area contributed by atoms with Gasteiger partial charge in [0.2, 0.25) is 5.91 Å². The average molecular weight is 255 g/mol. The van der Waals surface area contributed by atoms with Crippen LogP contribution in [0.1, 0.15) is 24.8 Å². The van der Waals surface area contributed by atoms with Gasteiger partial charge in [0.1, 0.15) is 0 Å². The summed E-state index contributed by atoms with van der Waals surface area (Å²) >= 11 is 0. The fourth-order valence-electron chi connectivity index (χ4n) is 1.94. The van der Waals surface area contributed by atoms with Gasteiger partial charge in [-0.15, -0.1) is 12.4 Å². The van der Waals surface area contributed by atoms with Crippen molar-refractivity contribution in [1.82, 2.24) is 5.32 Å². The van der Waals surface area contributed by atoms with Gasteiger partial charge in [0.05, 0.1) is 6.04 Å². The number of carbonyl (C=O) groups excluding carboxylic acids is 1. The van der Waals surface area contributed by atoms with E-state index in [1.165, 1.54) is 12.0 Å². The van der Waals surface area contributed by atoms with E-state index in [9.17, 15) is 4.79 Å². The van der Waals surface area contributed by atoms with Crippen LogP contribution in [-0.2, 0) is 4.79 Å². The largest absolute Gasteiger partial charge is 0.325 e. The van der Waals surface area contributed by atoms with Crippen LogP contribution in [0.5, 0.6) is 0 Å². The fourth-order valence-corrected chi connectivity index (χ4v) is 1.94. The van der Waals surface area contributed by atoms with Crippen molar-refractivity contribution in [3.63, 3.8) is 0 Å². The first-order valence-corrected chi connectivity index (χ1v) is 5.86. The molecule has 1 fully saturated rings. The van der Waals surface area contributed by atoms with Crippen LogP contribution >= 0.6 is 12.4 Å². The Morgan fingerprint density at radius 2 is 2.00 bits per heavy atom. The first-order valence-electron chi connectivity index (χ1n) is 5.86. The molecule has 1 aromatic rings. The van der Waals surface area contributed by atoms with E-state index in [1.807, 2.05) is 31.2 Å². The molecule has 17 heavy (non-hydrogen) atoms. The van der Waals surface area contributed by atoms with Gasteiger partial charge < -0.3 is 10.6 Å². The average Bonchev–Trinajstić information content (AvgIpc) is 2.33. The zero-order valence-corrected chi connectivity index (χ0v) is 10.8. The topological polar surface area (TPSA) is 41.1 Å². The first-order chi connectivity index (χ1) is 7.75. The Labute approximate surface area is 108 Å². The molecule has 2 N–H and O–H groups in total. The first kappa shape index (κ1) is 14.0. The lowest BCUT2D eigenvalue weighted by molar-refractivity contribution is -0.118. The summed E-state index contributed by atoms with van der Waals surface area (Å²) < 4.78 is 0. The molecule has 0 spiro atoms. The number of benzene rings is 1. The van der Waals surface area contributed by atoms with E-state index in [4.69, 9.17) is 0 Å². The molecular formula is C13H19ClN2O. The normalized spacial score (nSPS) is 19.2. The third-order valence-electron chi connectivity index (χ3n) is 2.95. The molecule has 0 bridgehead atoms. The Morgan fingerprint density at radius 1 is 1.29 bits per heavy atom. The number of halogens is 1.